The molecule has 5 heteroatoms. The first-order chi connectivity index (χ1) is 6.02. The summed E-state index contributed by atoms with van der Waals surface area (Å²) in [6, 6.07) is 2.89. The summed E-state index contributed by atoms with van der Waals surface area (Å²) in [6.45, 7) is 1.61. The van der Waals surface area contributed by atoms with Gasteiger partial charge in [-0.1, -0.05) is 0 Å². The molecule has 0 bridgehead atoms. The number of nitrogens with zero attached hydrogens (tertiary/aromatic N) is 1. The maximum atomic E-state index is 12.6. The van der Waals surface area contributed by atoms with E-state index in [0.29, 0.717) is 5.56 Å². The van der Waals surface area contributed by atoms with E-state index in [9.17, 15) is 14.5 Å². The maximum absolute atomic E-state index is 12.6. The van der Waals surface area contributed by atoms with Crippen molar-refractivity contribution in [2.45, 2.75) is 13.0 Å². The van der Waals surface area contributed by atoms with Gasteiger partial charge in [-0.25, -0.2) is 4.39 Å². The minimum Gasteiger partial charge on any atom is -0.324 e. The van der Waals surface area contributed by atoms with Crippen LogP contribution in [0.15, 0.2) is 18.2 Å². The highest BCUT2D eigenvalue weighted by Crippen LogP contribution is 2.24. The Labute approximate surface area is 74.3 Å². The molecule has 2 N–H and O–H groups in total. The first kappa shape index (κ1) is 9.60. The van der Waals surface area contributed by atoms with Crippen LogP contribution in [0, 0.1) is 15.9 Å². The van der Waals surface area contributed by atoms with Crippen LogP contribution in [-0.4, -0.2) is 4.92 Å². The molecule has 4 nitrogen and oxygen atoms in total. The van der Waals surface area contributed by atoms with E-state index in [-0.39, 0.29) is 5.69 Å². The minimum absolute atomic E-state index is 0.269. The molecule has 1 unspecified atom stereocenters. The van der Waals surface area contributed by atoms with Crippen LogP contribution < -0.4 is 5.73 Å². The Morgan fingerprint density at radius 3 is 2.69 bits per heavy atom. The SMILES string of the molecule is CC(N)c1ccc(F)cc1[N+](=O)[O-]. The summed E-state index contributed by atoms with van der Waals surface area (Å²) in [4.78, 5) is 9.82. The molecule has 1 atom stereocenters. The number of rotatable bonds is 2. The Bertz CT molecular complexity index is 339. The number of hydrogen-bond acceptors (Lipinski definition) is 3. The molecule has 0 fully saturated rings. The zero-order valence-corrected chi connectivity index (χ0v) is 7.03. The lowest BCUT2D eigenvalue weighted by Crippen LogP contribution is -2.08. The summed E-state index contributed by atoms with van der Waals surface area (Å²) in [5.74, 6) is -0.629. The maximum Gasteiger partial charge on any atom is 0.277 e. The number of hydrogen-bond donors (Lipinski definition) is 1. The fraction of sp³-hybridized carbons (Fsp3) is 0.250. The number of benzene rings is 1. The van der Waals surface area contributed by atoms with Gasteiger partial charge in [0.1, 0.15) is 5.82 Å². The lowest BCUT2D eigenvalue weighted by Gasteiger charge is -2.05. The molecular formula is C8H9FN2O2. The molecule has 70 valence electrons. The van der Waals surface area contributed by atoms with Crippen LogP contribution >= 0.6 is 0 Å². The molecule has 13 heavy (non-hydrogen) atoms. The molecule has 0 radical (unpaired) electrons. The number of halogens is 1. The van der Waals surface area contributed by atoms with Crippen LogP contribution in [0.1, 0.15) is 18.5 Å². The zero-order valence-electron chi connectivity index (χ0n) is 7.03. The second-order valence-corrected chi connectivity index (χ2v) is 2.75. The summed E-state index contributed by atoms with van der Waals surface area (Å²) >= 11 is 0. The Kier molecular flexibility index (Phi) is 2.57. The molecule has 0 amide bonds. The molecule has 0 heterocycles. The molecule has 0 aliphatic carbocycles. The van der Waals surface area contributed by atoms with Gasteiger partial charge < -0.3 is 5.73 Å². The van der Waals surface area contributed by atoms with Gasteiger partial charge in [-0.05, 0) is 19.1 Å². The lowest BCUT2D eigenvalue weighted by atomic mass is 10.1. The van der Waals surface area contributed by atoms with Crippen LogP contribution in [0.5, 0.6) is 0 Å². The number of nitrogens with two attached hydrogens (primary N) is 1. The lowest BCUT2D eigenvalue weighted by molar-refractivity contribution is -0.385. The second kappa shape index (κ2) is 3.49. The van der Waals surface area contributed by atoms with Crippen molar-refractivity contribution in [3.63, 3.8) is 0 Å². The van der Waals surface area contributed by atoms with Crippen molar-refractivity contribution in [3.8, 4) is 0 Å². The third-order valence-corrected chi connectivity index (χ3v) is 1.68. The normalized spacial score (nSPS) is 12.5. The quantitative estimate of drug-likeness (QED) is 0.562. The number of nitro groups is 1. The number of nitro benzene ring substituents is 1. The van der Waals surface area contributed by atoms with Gasteiger partial charge >= 0.3 is 0 Å². The third kappa shape index (κ3) is 2.00. The summed E-state index contributed by atoms with van der Waals surface area (Å²) in [5, 5.41) is 10.5. The Morgan fingerprint density at radius 2 is 2.23 bits per heavy atom. The fourth-order valence-electron chi connectivity index (χ4n) is 1.06. The van der Waals surface area contributed by atoms with E-state index in [0.717, 1.165) is 12.1 Å². The topological polar surface area (TPSA) is 69.2 Å². The van der Waals surface area contributed by atoms with Crippen LogP contribution in [0.4, 0.5) is 10.1 Å². The van der Waals surface area contributed by atoms with Crippen molar-refractivity contribution in [3.05, 3.63) is 39.7 Å². The monoisotopic (exact) mass is 184 g/mol. The van der Waals surface area contributed by atoms with Crippen LogP contribution in [0.2, 0.25) is 0 Å². The largest absolute Gasteiger partial charge is 0.324 e. The van der Waals surface area contributed by atoms with Gasteiger partial charge in [-0.2, -0.15) is 0 Å². The predicted octanol–water partition coefficient (Wildman–Crippen LogP) is 1.75. The van der Waals surface area contributed by atoms with Gasteiger partial charge in [0.05, 0.1) is 11.0 Å². The van der Waals surface area contributed by atoms with E-state index in [4.69, 9.17) is 5.73 Å². The van der Waals surface area contributed by atoms with E-state index in [1.165, 1.54) is 6.07 Å². The Balaban J connectivity index is 3.27. The van der Waals surface area contributed by atoms with Crippen LogP contribution in [0.3, 0.4) is 0 Å². The third-order valence-electron chi connectivity index (χ3n) is 1.68. The first-order valence-electron chi connectivity index (χ1n) is 3.72. The Hall–Kier alpha value is -1.49. The summed E-state index contributed by atoms with van der Waals surface area (Å²) in [5.41, 5.74) is 5.55. The molecule has 1 rings (SSSR count). The average Bonchev–Trinajstić information content (AvgIpc) is 2.03. The Morgan fingerprint density at radius 1 is 1.62 bits per heavy atom. The van der Waals surface area contributed by atoms with Crippen molar-refractivity contribution in [2.24, 2.45) is 5.73 Å². The molecule has 0 saturated carbocycles. The molecule has 1 aromatic rings. The summed E-state index contributed by atoms with van der Waals surface area (Å²) in [6.07, 6.45) is 0. The highest BCUT2D eigenvalue weighted by molar-refractivity contribution is 5.42. The van der Waals surface area contributed by atoms with E-state index in [2.05, 4.69) is 0 Å². The molecule has 0 aromatic heterocycles. The predicted molar refractivity (Wildman–Crippen MR) is 45.7 cm³/mol. The van der Waals surface area contributed by atoms with Gasteiger partial charge in [0, 0.05) is 11.6 Å². The van der Waals surface area contributed by atoms with Gasteiger partial charge in [0.15, 0.2) is 0 Å². The van der Waals surface area contributed by atoms with Crippen LogP contribution in [0.25, 0.3) is 0 Å². The fourth-order valence-corrected chi connectivity index (χ4v) is 1.06. The van der Waals surface area contributed by atoms with Gasteiger partial charge in [0.25, 0.3) is 5.69 Å². The van der Waals surface area contributed by atoms with Crippen LogP contribution in [-0.2, 0) is 0 Å². The van der Waals surface area contributed by atoms with Crippen molar-refractivity contribution in [1.29, 1.82) is 0 Å². The summed E-state index contributed by atoms with van der Waals surface area (Å²) in [7, 11) is 0. The summed E-state index contributed by atoms with van der Waals surface area (Å²) < 4.78 is 12.6. The smallest absolute Gasteiger partial charge is 0.277 e. The van der Waals surface area contributed by atoms with Crippen molar-refractivity contribution >= 4 is 5.69 Å². The molecule has 1 aromatic carbocycles. The molecule has 0 aliphatic rings. The van der Waals surface area contributed by atoms with Gasteiger partial charge in [0.2, 0.25) is 0 Å². The second-order valence-electron chi connectivity index (χ2n) is 2.75. The molecule has 0 saturated heterocycles. The standard InChI is InChI=1S/C8H9FN2O2/c1-5(10)7-3-2-6(9)4-8(7)11(12)13/h2-5H,10H2,1H3. The van der Waals surface area contributed by atoms with Gasteiger partial charge in [-0.3, -0.25) is 10.1 Å². The average molecular weight is 184 g/mol. The first-order valence-corrected chi connectivity index (χ1v) is 3.72. The van der Waals surface area contributed by atoms with Gasteiger partial charge in [-0.15, -0.1) is 0 Å². The van der Waals surface area contributed by atoms with Crippen molar-refractivity contribution in [2.75, 3.05) is 0 Å². The zero-order chi connectivity index (χ0) is 10.0. The van der Waals surface area contributed by atoms with E-state index in [1.807, 2.05) is 0 Å². The van der Waals surface area contributed by atoms with Crippen molar-refractivity contribution in [1.82, 2.24) is 0 Å². The van der Waals surface area contributed by atoms with E-state index in [1.54, 1.807) is 6.92 Å². The molecular weight excluding hydrogens is 175 g/mol. The molecule has 0 aliphatic heterocycles. The minimum atomic E-state index is -0.637. The van der Waals surface area contributed by atoms with E-state index < -0.39 is 16.8 Å². The van der Waals surface area contributed by atoms with E-state index >= 15 is 0 Å². The van der Waals surface area contributed by atoms with Crippen molar-refractivity contribution < 1.29 is 9.31 Å². The molecule has 0 spiro atoms. The highest BCUT2D eigenvalue weighted by Gasteiger charge is 2.16. The highest BCUT2D eigenvalue weighted by atomic mass is 19.1.